The maximum absolute atomic E-state index is 13.3. The lowest BCUT2D eigenvalue weighted by molar-refractivity contribution is -0.118. The van der Waals surface area contributed by atoms with Gasteiger partial charge in [-0.25, -0.2) is 21.9 Å². The van der Waals surface area contributed by atoms with Crippen LogP contribution in [0.2, 0.25) is 0 Å². The molecule has 5 nitrogen and oxygen atoms in total. The fourth-order valence-corrected chi connectivity index (χ4v) is 4.67. The Bertz CT molecular complexity index is 952. The molecule has 1 unspecified atom stereocenters. The third kappa shape index (κ3) is 4.70. The number of carbonyl (C=O) groups is 1. The van der Waals surface area contributed by atoms with Gasteiger partial charge in [0.15, 0.2) is 0 Å². The first-order valence-electron chi connectivity index (χ1n) is 8.47. The molecule has 1 saturated heterocycles. The first kappa shape index (κ1) is 19.4. The highest BCUT2D eigenvalue weighted by molar-refractivity contribution is 7.88. The Hall–Kier alpha value is -2.32. The third-order valence-electron chi connectivity index (χ3n) is 4.32. The highest BCUT2D eigenvalue weighted by Crippen LogP contribution is 2.24. The van der Waals surface area contributed by atoms with Gasteiger partial charge in [0.1, 0.15) is 17.7 Å². The topological polar surface area (TPSA) is 66.5 Å². The Morgan fingerprint density at radius 3 is 2.22 bits per heavy atom. The molecular formula is C19H20F2N2O3S. The molecule has 1 heterocycles. The van der Waals surface area contributed by atoms with Crippen molar-refractivity contribution in [2.75, 3.05) is 11.4 Å². The van der Waals surface area contributed by atoms with Crippen LogP contribution in [0, 0.1) is 25.5 Å². The largest absolute Gasteiger partial charge is 0.311 e. The number of carbonyl (C=O) groups excluding carboxylic acids is 1. The van der Waals surface area contributed by atoms with Gasteiger partial charge in [0.2, 0.25) is 15.9 Å². The lowest BCUT2D eigenvalue weighted by Crippen LogP contribution is -2.42. The summed E-state index contributed by atoms with van der Waals surface area (Å²) in [4.78, 5) is 14.2. The van der Waals surface area contributed by atoms with Crippen LogP contribution in [0.1, 0.15) is 23.1 Å². The van der Waals surface area contributed by atoms with Crippen LogP contribution in [0.5, 0.6) is 0 Å². The van der Waals surface area contributed by atoms with E-state index in [-0.39, 0.29) is 11.5 Å². The number of hydrogen-bond donors (Lipinski definition) is 1. The molecule has 2 aromatic rings. The number of nitrogens with one attached hydrogen (secondary N) is 1. The van der Waals surface area contributed by atoms with Crippen molar-refractivity contribution in [3.8, 4) is 0 Å². The lowest BCUT2D eigenvalue weighted by Gasteiger charge is -2.18. The van der Waals surface area contributed by atoms with Gasteiger partial charge in [-0.05, 0) is 61.2 Å². The van der Waals surface area contributed by atoms with Crippen LogP contribution in [0.15, 0.2) is 36.4 Å². The number of nitrogens with zero attached hydrogens (tertiary/aromatic N) is 1. The minimum Gasteiger partial charge on any atom is -0.311 e. The first-order chi connectivity index (χ1) is 12.6. The Morgan fingerprint density at radius 2 is 1.63 bits per heavy atom. The zero-order chi connectivity index (χ0) is 19.8. The second kappa shape index (κ2) is 7.36. The summed E-state index contributed by atoms with van der Waals surface area (Å²) in [5, 5.41) is 0. The summed E-state index contributed by atoms with van der Waals surface area (Å²) in [7, 11) is -3.94. The van der Waals surface area contributed by atoms with Gasteiger partial charge in [-0.15, -0.1) is 0 Å². The van der Waals surface area contributed by atoms with Crippen molar-refractivity contribution in [1.82, 2.24) is 4.72 Å². The molecule has 27 heavy (non-hydrogen) atoms. The van der Waals surface area contributed by atoms with E-state index in [9.17, 15) is 22.0 Å². The van der Waals surface area contributed by atoms with E-state index in [1.807, 2.05) is 32.0 Å². The number of benzene rings is 2. The number of rotatable bonds is 5. The Labute approximate surface area is 157 Å². The summed E-state index contributed by atoms with van der Waals surface area (Å²) in [5.41, 5.74) is 2.73. The van der Waals surface area contributed by atoms with Crippen LogP contribution in [0.3, 0.4) is 0 Å². The van der Waals surface area contributed by atoms with E-state index >= 15 is 0 Å². The van der Waals surface area contributed by atoms with E-state index in [4.69, 9.17) is 0 Å². The Kier molecular flexibility index (Phi) is 5.30. The van der Waals surface area contributed by atoms with E-state index in [1.165, 1.54) is 0 Å². The van der Waals surface area contributed by atoms with Crippen LogP contribution in [-0.4, -0.2) is 26.9 Å². The van der Waals surface area contributed by atoms with Gasteiger partial charge in [0.05, 0.1) is 5.75 Å². The lowest BCUT2D eigenvalue weighted by atomic mass is 10.1. The molecule has 1 aliphatic heterocycles. The number of anilines is 1. The van der Waals surface area contributed by atoms with Crippen molar-refractivity contribution >= 4 is 21.6 Å². The molecule has 1 N–H and O–H groups in total. The second-order valence-corrected chi connectivity index (χ2v) is 8.59. The fourth-order valence-electron chi connectivity index (χ4n) is 3.32. The first-order valence-corrected chi connectivity index (χ1v) is 10.1. The van der Waals surface area contributed by atoms with Crippen LogP contribution < -0.4 is 9.62 Å². The smallest absolute Gasteiger partial charge is 0.245 e. The summed E-state index contributed by atoms with van der Waals surface area (Å²) in [6.45, 7) is 4.24. The molecule has 0 aromatic heterocycles. The molecule has 0 spiro atoms. The average Bonchev–Trinajstić information content (AvgIpc) is 2.85. The average molecular weight is 394 g/mol. The summed E-state index contributed by atoms with van der Waals surface area (Å²) in [6, 6.07) is 7.43. The number of amides is 1. The predicted molar refractivity (Wildman–Crippen MR) is 98.8 cm³/mol. The summed E-state index contributed by atoms with van der Waals surface area (Å²) < 4.78 is 53.6. The van der Waals surface area contributed by atoms with Gasteiger partial charge < -0.3 is 4.90 Å². The van der Waals surface area contributed by atoms with E-state index in [0.717, 1.165) is 28.9 Å². The van der Waals surface area contributed by atoms with Crippen molar-refractivity contribution in [2.24, 2.45) is 0 Å². The second-order valence-electron chi connectivity index (χ2n) is 6.83. The van der Waals surface area contributed by atoms with Gasteiger partial charge in [-0.3, -0.25) is 4.79 Å². The van der Waals surface area contributed by atoms with Crippen LogP contribution in [-0.2, 0) is 20.6 Å². The molecule has 1 aliphatic rings. The minimum atomic E-state index is -3.94. The van der Waals surface area contributed by atoms with Gasteiger partial charge in [-0.2, -0.15) is 0 Å². The monoisotopic (exact) mass is 394 g/mol. The summed E-state index contributed by atoms with van der Waals surface area (Å²) in [5.74, 6) is -2.64. The standard InChI is InChI=1S/C19H20F2N2O3S/c1-12-5-13(2)7-17(6-12)23-4-3-18(19(23)24)22-27(25,26)11-14-8-15(20)10-16(21)9-14/h5-10,18,22H,3-4,11H2,1-2H3. The van der Waals surface area contributed by atoms with E-state index in [1.54, 1.807) is 4.90 Å². The van der Waals surface area contributed by atoms with Gasteiger partial charge in [0, 0.05) is 18.3 Å². The molecule has 144 valence electrons. The zero-order valence-electron chi connectivity index (χ0n) is 15.0. The zero-order valence-corrected chi connectivity index (χ0v) is 15.8. The molecule has 0 saturated carbocycles. The van der Waals surface area contributed by atoms with E-state index < -0.39 is 33.5 Å². The Balaban J connectivity index is 1.73. The summed E-state index contributed by atoms with van der Waals surface area (Å²) >= 11 is 0. The molecule has 1 atom stereocenters. The maximum atomic E-state index is 13.3. The van der Waals surface area contributed by atoms with Crippen LogP contribution in [0.4, 0.5) is 14.5 Å². The van der Waals surface area contributed by atoms with Crippen molar-refractivity contribution in [1.29, 1.82) is 0 Å². The summed E-state index contributed by atoms with van der Waals surface area (Å²) in [6.07, 6.45) is 0.322. The SMILES string of the molecule is Cc1cc(C)cc(N2CCC(NS(=O)(=O)Cc3cc(F)cc(F)c3)C2=O)c1. The normalized spacial score (nSPS) is 17.6. The number of hydrogen-bond acceptors (Lipinski definition) is 3. The molecule has 1 fully saturated rings. The molecule has 1 amide bonds. The van der Waals surface area contributed by atoms with Crippen LogP contribution in [0.25, 0.3) is 0 Å². The molecule has 0 bridgehead atoms. The van der Waals surface area contributed by atoms with Crippen molar-refractivity contribution < 1.29 is 22.0 Å². The number of sulfonamides is 1. The van der Waals surface area contributed by atoms with Crippen LogP contribution >= 0.6 is 0 Å². The number of aryl methyl sites for hydroxylation is 2. The van der Waals surface area contributed by atoms with Crippen molar-refractivity contribution in [2.45, 2.75) is 32.1 Å². The van der Waals surface area contributed by atoms with Gasteiger partial charge in [0.25, 0.3) is 0 Å². The molecule has 0 aliphatic carbocycles. The van der Waals surface area contributed by atoms with Gasteiger partial charge >= 0.3 is 0 Å². The molecule has 8 heteroatoms. The Morgan fingerprint density at radius 1 is 1.04 bits per heavy atom. The van der Waals surface area contributed by atoms with E-state index in [0.29, 0.717) is 19.0 Å². The number of halogens is 2. The maximum Gasteiger partial charge on any atom is 0.245 e. The minimum absolute atomic E-state index is 0.0170. The van der Waals surface area contributed by atoms with Crippen molar-refractivity contribution in [3.05, 3.63) is 64.7 Å². The van der Waals surface area contributed by atoms with Crippen molar-refractivity contribution in [3.63, 3.8) is 0 Å². The molecule has 2 aromatic carbocycles. The highest BCUT2D eigenvalue weighted by Gasteiger charge is 2.35. The quantitative estimate of drug-likeness (QED) is 0.848. The predicted octanol–water partition coefficient (Wildman–Crippen LogP) is 2.81. The highest BCUT2D eigenvalue weighted by atomic mass is 32.2. The van der Waals surface area contributed by atoms with E-state index in [2.05, 4.69) is 4.72 Å². The third-order valence-corrected chi connectivity index (χ3v) is 5.68. The van der Waals surface area contributed by atoms with Gasteiger partial charge in [-0.1, -0.05) is 6.07 Å². The molecule has 0 radical (unpaired) electrons. The molecular weight excluding hydrogens is 374 g/mol. The molecule has 3 rings (SSSR count). The fraction of sp³-hybridized carbons (Fsp3) is 0.316.